The molecule has 1 amide bonds. The van der Waals surface area contributed by atoms with E-state index in [9.17, 15) is 14.4 Å². The molecule has 1 N–H and O–H groups in total. The third-order valence-corrected chi connectivity index (χ3v) is 6.31. The number of nitrogens with zero attached hydrogens (tertiary/aromatic N) is 2. The average molecular weight is 440 g/mol. The molecule has 0 spiro atoms. The van der Waals surface area contributed by atoms with E-state index in [1.54, 1.807) is 29.5 Å². The zero-order valence-corrected chi connectivity index (χ0v) is 17.8. The minimum absolute atomic E-state index is 0.226. The van der Waals surface area contributed by atoms with Crippen molar-refractivity contribution in [1.82, 2.24) is 9.55 Å². The molecule has 0 aliphatic rings. The first-order valence-corrected chi connectivity index (χ1v) is 10.7. The molecule has 0 saturated carbocycles. The first kappa shape index (κ1) is 20.0. The van der Waals surface area contributed by atoms with Crippen LogP contribution in [0.25, 0.3) is 20.7 Å². The van der Waals surface area contributed by atoms with E-state index in [-0.39, 0.29) is 17.7 Å². The van der Waals surface area contributed by atoms with Crippen molar-refractivity contribution in [3.05, 3.63) is 68.9 Å². The van der Waals surface area contributed by atoms with Crippen molar-refractivity contribution in [2.75, 3.05) is 12.4 Å². The first-order chi connectivity index (χ1) is 14.5. The zero-order valence-electron chi connectivity index (χ0n) is 16.2. The number of thiophene rings is 2. The summed E-state index contributed by atoms with van der Waals surface area (Å²) in [6.45, 7) is 1.61. The number of hydrogen-bond acceptors (Lipinski definition) is 7. The maximum atomic E-state index is 13.0. The quantitative estimate of drug-likeness (QED) is 0.476. The molecule has 7 nitrogen and oxygen atoms in total. The van der Waals surface area contributed by atoms with Crippen molar-refractivity contribution < 1.29 is 14.3 Å². The standard InChI is InChI=1S/C21H17N3O4S2/c1-12-5-6-15(13(8-12)21(27)28-2)23-17(25)9-24-11-22-19-18(20(24)26)14(10-30-19)16-4-3-7-29-16/h3-8,10-11H,9H2,1-2H3,(H,23,25). The molecule has 9 heteroatoms. The van der Waals surface area contributed by atoms with E-state index in [1.165, 1.54) is 29.3 Å². The molecule has 0 fully saturated rings. The Kier molecular flexibility index (Phi) is 5.47. The molecule has 152 valence electrons. The Labute approximate surface area is 179 Å². The van der Waals surface area contributed by atoms with Crippen molar-refractivity contribution in [2.45, 2.75) is 13.5 Å². The van der Waals surface area contributed by atoms with E-state index < -0.39 is 11.9 Å². The van der Waals surface area contributed by atoms with E-state index in [0.29, 0.717) is 15.9 Å². The second-order valence-electron chi connectivity index (χ2n) is 6.57. The molecule has 4 rings (SSSR count). The molecule has 0 aliphatic carbocycles. The van der Waals surface area contributed by atoms with Crippen molar-refractivity contribution >= 4 is 50.5 Å². The summed E-state index contributed by atoms with van der Waals surface area (Å²) >= 11 is 2.94. The van der Waals surface area contributed by atoms with Crippen LogP contribution in [0.4, 0.5) is 5.69 Å². The van der Waals surface area contributed by atoms with E-state index in [0.717, 1.165) is 16.0 Å². The molecule has 3 aromatic heterocycles. The minimum Gasteiger partial charge on any atom is -0.465 e. The van der Waals surface area contributed by atoms with Crippen LogP contribution in [0.3, 0.4) is 0 Å². The Morgan fingerprint density at radius 2 is 2.07 bits per heavy atom. The highest BCUT2D eigenvalue weighted by atomic mass is 32.1. The fraction of sp³-hybridized carbons (Fsp3) is 0.143. The molecular weight excluding hydrogens is 422 g/mol. The van der Waals surface area contributed by atoms with Crippen LogP contribution in [0.15, 0.2) is 52.2 Å². The summed E-state index contributed by atoms with van der Waals surface area (Å²) < 4.78 is 6.06. The van der Waals surface area contributed by atoms with Gasteiger partial charge < -0.3 is 10.1 Å². The molecule has 0 atom stereocenters. The SMILES string of the molecule is COC(=O)c1cc(C)ccc1NC(=O)Cn1cnc2scc(-c3cccs3)c2c1=O. The molecule has 3 heterocycles. The number of hydrogen-bond donors (Lipinski definition) is 1. The Morgan fingerprint density at radius 1 is 1.23 bits per heavy atom. The van der Waals surface area contributed by atoms with Gasteiger partial charge in [0.2, 0.25) is 5.91 Å². The van der Waals surface area contributed by atoms with Crippen LogP contribution in [-0.2, 0) is 16.1 Å². The van der Waals surface area contributed by atoms with Crippen LogP contribution in [0, 0.1) is 6.92 Å². The molecule has 1 aromatic carbocycles. The van der Waals surface area contributed by atoms with Gasteiger partial charge in [-0.25, -0.2) is 9.78 Å². The molecule has 0 unspecified atom stereocenters. The largest absolute Gasteiger partial charge is 0.465 e. The molecule has 0 saturated heterocycles. The van der Waals surface area contributed by atoms with E-state index in [1.807, 2.05) is 29.8 Å². The van der Waals surface area contributed by atoms with E-state index >= 15 is 0 Å². The van der Waals surface area contributed by atoms with Crippen LogP contribution in [-0.4, -0.2) is 28.5 Å². The second kappa shape index (κ2) is 8.21. The fourth-order valence-electron chi connectivity index (χ4n) is 3.08. The summed E-state index contributed by atoms with van der Waals surface area (Å²) in [5.74, 6) is -0.992. The predicted octanol–water partition coefficient (Wildman–Crippen LogP) is 3.92. The van der Waals surface area contributed by atoms with Crippen molar-refractivity contribution in [2.24, 2.45) is 0 Å². The second-order valence-corrected chi connectivity index (χ2v) is 8.38. The third-order valence-electron chi connectivity index (χ3n) is 4.52. The van der Waals surface area contributed by atoms with Gasteiger partial charge in [-0.3, -0.25) is 14.2 Å². The predicted molar refractivity (Wildman–Crippen MR) is 118 cm³/mol. The fourth-order valence-corrected chi connectivity index (χ4v) is 4.80. The maximum Gasteiger partial charge on any atom is 0.339 e. The van der Waals surface area contributed by atoms with Gasteiger partial charge in [0.05, 0.1) is 30.1 Å². The van der Waals surface area contributed by atoms with Gasteiger partial charge in [0.1, 0.15) is 11.4 Å². The van der Waals surface area contributed by atoms with Gasteiger partial charge in [-0.05, 0) is 30.5 Å². The van der Waals surface area contributed by atoms with Gasteiger partial charge in [0.15, 0.2) is 0 Å². The lowest BCUT2D eigenvalue weighted by atomic mass is 10.1. The molecule has 0 bridgehead atoms. The minimum atomic E-state index is -0.548. The Balaban J connectivity index is 1.63. The summed E-state index contributed by atoms with van der Waals surface area (Å²) in [4.78, 5) is 43.6. The van der Waals surface area contributed by atoms with E-state index in [2.05, 4.69) is 10.3 Å². The van der Waals surface area contributed by atoms with Crippen molar-refractivity contribution in [1.29, 1.82) is 0 Å². The lowest BCUT2D eigenvalue weighted by Crippen LogP contribution is -2.28. The van der Waals surface area contributed by atoms with Gasteiger partial charge in [-0.1, -0.05) is 17.7 Å². The summed E-state index contributed by atoms with van der Waals surface area (Å²) in [6, 6.07) is 8.92. The first-order valence-electron chi connectivity index (χ1n) is 8.97. The number of carbonyl (C=O) groups excluding carboxylic acids is 2. The summed E-state index contributed by atoms with van der Waals surface area (Å²) in [6.07, 6.45) is 1.37. The number of methoxy groups -OCH3 is 1. The van der Waals surface area contributed by atoms with Crippen molar-refractivity contribution in [3.8, 4) is 10.4 Å². The summed E-state index contributed by atoms with van der Waals surface area (Å²) in [5.41, 5.74) is 1.98. The number of anilines is 1. The number of ether oxygens (including phenoxy) is 1. The Hall–Kier alpha value is -3.30. The third kappa shape index (κ3) is 3.77. The van der Waals surface area contributed by atoms with Gasteiger partial charge in [0, 0.05) is 15.8 Å². The number of carbonyl (C=O) groups is 2. The number of esters is 1. The van der Waals surface area contributed by atoms with Crippen LogP contribution >= 0.6 is 22.7 Å². The lowest BCUT2D eigenvalue weighted by Gasteiger charge is -2.11. The molecule has 0 aliphatic heterocycles. The van der Waals surface area contributed by atoms with Crippen LogP contribution < -0.4 is 10.9 Å². The number of fused-ring (bicyclic) bond motifs is 1. The summed E-state index contributed by atoms with van der Waals surface area (Å²) in [5, 5.41) is 7.05. The number of aromatic nitrogens is 2. The highest BCUT2D eigenvalue weighted by molar-refractivity contribution is 7.18. The van der Waals surface area contributed by atoms with Gasteiger partial charge >= 0.3 is 5.97 Å². The zero-order chi connectivity index (χ0) is 21.3. The van der Waals surface area contributed by atoms with Crippen LogP contribution in [0.1, 0.15) is 15.9 Å². The monoisotopic (exact) mass is 439 g/mol. The van der Waals surface area contributed by atoms with Crippen molar-refractivity contribution in [3.63, 3.8) is 0 Å². The number of benzene rings is 1. The number of nitrogens with one attached hydrogen (secondary N) is 1. The lowest BCUT2D eigenvalue weighted by molar-refractivity contribution is -0.116. The Bertz CT molecular complexity index is 1310. The van der Waals surface area contributed by atoms with Gasteiger partial charge in [-0.15, -0.1) is 22.7 Å². The number of aryl methyl sites for hydroxylation is 1. The summed E-state index contributed by atoms with van der Waals surface area (Å²) in [7, 11) is 1.28. The van der Waals surface area contributed by atoms with Crippen LogP contribution in [0.2, 0.25) is 0 Å². The normalized spacial score (nSPS) is 10.9. The van der Waals surface area contributed by atoms with Crippen LogP contribution in [0.5, 0.6) is 0 Å². The number of amides is 1. The maximum absolute atomic E-state index is 13.0. The average Bonchev–Trinajstić information content (AvgIpc) is 3.40. The molecule has 30 heavy (non-hydrogen) atoms. The molecular formula is C21H17N3O4S2. The topological polar surface area (TPSA) is 90.3 Å². The molecule has 4 aromatic rings. The van der Waals surface area contributed by atoms with E-state index in [4.69, 9.17) is 4.74 Å². The Morgan fingerprint density at radius 3 is 2.80 bits per heavy atom. The highest BCUT2D eigenvalue weighted by Gasteiger charge is 2.17. The van der Waals surface area contributed by atoms with Gasteiger partial charge in [-0.2, -0.15) is 0 Å². The highest BCUT2D eigenvalue weighted by Crippen LogP contribution is 2.33. The molecule has 0 radical (unpaired) electrons. The number of rotatable bonds is 5. The van der Waals surface area contributed by atoms with Gasteiger partial charge in [0.25, 0.3) is 5.56 Å². The smallest absolute Gasteiger partial charge is 0.339 e.